The molecule has 5 rings (SSSR count). The molecule has 0 radical (unpaired) electrons. The van der Waals surface area contributed by atoms with E-state index in [9.17, 15) is 4.79 Å². The number of carbonyl (C=O) groups excluding carboxylic acids is 1. The monoisotopic (exact) mass is 440 g/mol. The first-order valence-electron chi connectivity index (χ1n) is 10.8. The average molecular weight is 441 g/mol. The van der Waals surface area contributed by atoms with Gasteiger partial charge in [-0.3, -0.25) is 14.5 Å². The minimum Gasteiger partial charge on any atom is -0.486 e. The Hall–Kier alpha value is -4.13. The standard InChI is InChI=1S/C26H24N4O3/c1-29(16-20-9-10-23-24(14-20)33-13-12-32-23)26(31)22-18-30(17-19-6-3-2-4-7-19)28-25(22)21-8-5-11-27-15-21/h2-11,14-15,18H,12-13,16-17H2,1H3. The minimum absolute atomic E-state index is 0.108. The molecule has 0 atom stereocenters. The number of hydrogen-bond acceptors (Lipinski definition) is 5. The number of hydrogen-bond donors (Lipinski definition) is 0. The van der Waals surface area contributed by atoms with Crippen molar-refractivity contribution in [2.75, 3.05) is 20.3 Å². The summed E-state index contributed by atoms with van der Waals surface area (Å²) in [5.41, 5.74) is 4.05. The Labute approximate surface area is 192 Å². The van der Waals surface area contributed by atoms with Crippen molar-refractivity contribution in [1.29, 1.82) is 0 Å². The highest BCUT2D eigenvalue weighted by atomic mass is 16.6. The summed E-state index contributed by atoms with van der Waals surface area (Å²) in [5.74, 6) is 1.34. The molecule has 2 aromatic heterocycles. The molecule has 33 heavy (non-hydrogen) atoms. The van der Waals surface area contributed by atoms with E-state index in [0.29, 0.717) is 43.3 Å². The second-order valence-electron chi connectivity index (χ2n) is 7.96. The Morgan fingerprint density at radius 1 is 1.00 bits per heavy atom. The van der Waals surface area contributed by atoms with Crippen LogP contribution in [0.2, 0.25) is 0 Å². The highest BCUT2D eigenvalue weighted by Gasteiger charge is 2.22. The second-order valence-corrected chi connectivity index (χ2v) is 7.96. The number of carbonyl (C=O) groups is 1. The maximum atomic E-state index is 13.5. The molecule has 0 fully saturated rings. The summed E-state index contributed by atoms with van der Waals surface area (Å²) in [6, 6.07) is 19.6. The lowest BCUT2D eigenvalue weighted by atomic mass is 10.1. The number of amides is 1. The summed E-state index contributed by atoms with van der Waals surface area (Å²) in [7, 11) is 1.79. The first kappa shape index (κ1) is 20.8. The molecule has 1 amide bonds. The predicted octanol–water partition coefficient (Wildman–Crippen LogP) is 4.04. The van der Waals surface area contributed by atoms with Crippen LogP contribution >= 0.6 is 0 Å². The maximum absolute atomic E-state index is 13.5. The van der Waals surface area contributed by atoms with E-state index < -0.39 is 0 Å². The van der Waals surface area contributed by atoms with Crippen LogP contribution in [-0.4, -0.2) is 45.8 Å². The Bertz CT molecular complexity index is 1260. The van der Waals surface area contributed by atoms with Crippen LogP contribution in [0, 0.1) is 0 Å². The van der Waals surface area contributed by atoms with Crippen LogP contribution in [0.25, 0.3) is 11.3 Å². The molecule has 0 unspecified atom stereocenters. The van der Waals surface area contributed by atoms with E-state index in [-0.39, 0.29) is 5.91 Å². The van der Waals surface area contributed by atoms with Gasteiger partial charge in [-0.05, 0) is 35.4 Å². The molecule has 1 aliphatic heterocycles. The van der Waals surface area contributed by atoms with E-state index in [4.69, 9.17) is 14.6 Å². The summed E-state index contributed by atoms with van der Waals surface area (Å²) >= 11 is 0. The van der Waals surface area contributed by atoms with Gasteiger partial charge >= 0.3 is 0 Å². The molecule has 7 nitrogen and oxygen atoms in total. The quantitative estimate of drug-likeness (QED) is 0.453. The van der Waals surface area contributed by atoms with Crippen molar-refractivity contribution < 1.29 is 14.3 Å². The van der Waals surface area contributed by atoms with Gasteiger partial charge in [0.15, 0.2) is 11.5 Å². The SMILES string of the molecule is CN(Cc1ccc2c(c1)OCCO2)C(=O)c1cn(Cc2ccccc2)nc1-c1cccnc1. The third kappa shape index (κ3) is 4.57. The van der Waals surface area contributed by atoms with Gasteiger partial charge in [-0.15, -0.1) is 0 Å². The molecule has 0 spiro atoms. The molecule has 7 heteroatoms. The Morgan fingerprint density at radius 2 is 1.82 bits per heavy atom. The molecule has 0 saturated heterocycles. The molecule has 4 aromatic rings. The maximum Gasteiger partial charge on any atom is 0.257 e. The number of rotatable bonds is 6. The van der Waals surface area contributed by atoms with Crippen molar-refractivity contribution in [3.8, 4) is 22.8 Å². The second kappa shape index (κ2) is 9.16. The van der Waals surface area contributed by atoms with Gasteiger partial charge in [0.25, 0.3) is 5.91 Å². The largest absolute Gasteiger partial charge is 0.486 e. The molecule has 2 aromatic carbocycles. The number of ether oxygens (including phenoxy) is 2. The average Bonchev–Trinajstić information content (AvgIpc) is 3.28. The Morgan fingerprint density at radius 3 is 2.61 bits per heavy atom. The van der Waals surface area contributed by atoms with Crippen molar-refractivity contribution >= 4 is 5.91 Å². The van der Waals surface area contributed by atoms with Gasteiger partial charge in [0.05, 0.1) is 12.1 Å². The lowest BCUT2D eigenvalue weighted by molar-refractivity contribution is 0.0785. The third-order valence-electron chi connectivity index (χ3n) is 5.49. The lowest BCUT2D eigenvalue weighted by Gasteiger charge is -2.21. The number of benzene rings is 2. The highest BCUT2D eigenvalue weighted by molar-refractivity contribution is 5.99. The molecule has 3 heterocycles. The molecule has 0 saturated carbocycles. The zero-order chi connectivity index (χ0) is 22.6. The van der Waals surface area contributed by atoms with Gasteiger partial charge in [-0.1, -0.05) is 36.4 Å². The fourth-order valence-electron chi connectivity index (χ4n) is 3.88. The van der Waals surface area contributed by atoms with E-state index in [1.54, 1.807) is 24.3 Å². The van der Waals surface area contributed by atoms with Crippen LogP contribution in [0.5, 0.6) is 11.5 Å². The topological polar surface area (TPSA) is 69.5 Å². The normalized spacial score (nSPS) is 12.4. The van der Waals surface area contributed by atoms with Gasteiger partial charge in [0.1, 0.15) is 18.9 Å². The van der Waals surface area contributed by atoms with Gasteiger partial charge in [0.2, 0.25) is 0 Å². The number of fused-ring (bicyclic) bond motifs is 1. The molecular formula is C26H24N4O3. The number of aromatic nitrogens is 3. The molecular weight excluding hydrogens is 416 g/mol. The van der Waals surface area contributed by atoms with E-state index >= 15 is 0 Å². The van der Waals surface area contributed by atoms with Crippen molar-refractivity contribution in [1.82, 2.24) is 19.7 Å². The highest BCUT2D eigenvalue weighted by Crippen LogP contribution is 2.31. The van der Waals surface area contributed by atoms with E-state index in [1.807, 2.05) is 71.5 Å². The summed E-state index contributed by atoms with van der Waals surface area (Å²) in [6.45, 7) is 2.09. The first-order valence-corrected chi connectivity index (χ1v) is 10.8. The fourth-order valence-corrected chi connectivity index (χ4v) is 3.88. The molecule has 0 bridgehead atoms. The predicted molar refractivity (Wildman–Crippen MR) is 124 cm³/mol. The first-order chi connectivity index (χ1) is 16.2. The van der Waals surface area contributed by atoms with Crippen molar-refractivity contribution in [2.24, 2.45) is 0 Å². The Kier molecular flexibility index (Phi) is 5.76. The van der Waals surface area contributed by atoms with Crippen molar-refractivity contribution in [3.05, 3.63) is 95.9 Å². The minimum atomic E-state index is -0.108. The fraction of sp³-hybridized carbons (Fsp3) is 0.192. The van der Waals surface area contributed by atoms with E-state index in [2.05, 4.69) is 4.98 Å². The molecule has 1 aliphatic rings. The zero-order valence-corrected chi connectivity index (χ0v) is 18.3. The van der Waals surface area contributed by atoms with Gasteiger partial charge in [-0.2, -0.15) is 5.10 Å². The summed E-state index contributed by atoms with van der Waals surface area (Å²) in [6.07, 6.45) is 5.25. The van der Waals surface area contributed by atoms with Crippen LogP contribution in [0.4, 0.5) is 0 Å². The molecule has 0 N–H and O–H groups in total. The van der Waals surface area contributed by atoms with E-state index in [0.717, 1.165) is 22.4 Å². The van der Waals surface area contributed by atoms with Crippen LogP contribution < -0.4 is 9.47 Å². The summed E-state index contributed by atoms with van der Waals surface area (Å²) in [5, 5.41) is 4.74. The molecule has 0 aliphatic carbocycles. The summed E-state index contributed by atoms with van der Waals surface area (Å²) in [4.78, 5) is 19.4. The van der Waals surface area contributed by atoms with Gasteiger partial charge in [-0.25, -0.2) is 0 Å². The smallest absolute Gasteiger partial charge is 0.257 e. The molecule has 166 valence electrons. The van der Waals surface area contributed by atoms with Gasteiger partial charge < -0.3 is 14.4 Å². The van der Waals surface area contributed by atoms with Crippen LogP contribution in [0.3, 0.4) is 0 Å². The van der Waals surface area contributed by atoms with Crippen molar-refractivity contribution in [3.63, 3.8) is 0 Å². The van der Waals surface area contributed by atoms with E-state index in [1.165, 1.54) is 0 Å². The lowest BCUT2D eigenvalue weighted by Crippen LogP contribution is -2.26. The zero-order valence-electron chi connectivity index (χ0n) is 18.3. The van der Waals surface area contributed by atoms with Crippen LogP contribution in [0.15, 0.2) is 79.3 Å². The van der Waals surface area contributed by atoms with Crippen LogP contribution in [0.1, 0.15) is 21.5 Å². The number of nitrogens with zero attached hydrogens (tertiary/aromatic N) is 4. The van der Waals surface area contributed by atoms with Gasteiger partial charge in [0, 0.05) is 37.7 Å². The van der Waals surface area contributed by atoms with Crippen LogP contribution in [-0.2, 0) is 13.1 Å². The Balaban J connectivity index is 1.42. The summed E-state index contributed by atoms with van der Waals surface area (Å²) < 4.78 is 13.1. The third-order valence-corrected chi connectivity index (χ3v) is 5.49. The number of pyridine rings is 1. The van der Waals surface area contributed by atoms with Crippen molar-refractivity contribution in [2.45, 2.75) is 13.1 Å².